The maximum absolute atomic E-state index is 11.2. The molecule has 3 N–H and O–H groups in total. The molecule has 0 saturated heterocycles. The van der Waals surface area contributed by atoms with Crippen LogP contribution in [0, 0.1) is 0 Å². The zero-order chi connectivity index (χ0) is 13.3. The molecule has 2 rings (SSSR count). The Morgan fingerprint density at radius 1 is 1.44 bits per heavy atom. The summed E-state index contributed by atoms with van der Waals surface area (Å²) in [5.74, 6) is -0.451. The average molecular weight is 249 g/mol. The van der Waals surface area contributed by atoms with Gasteiger partial charge in [0.2, 0.25) is 0 Å². The first-order chi connectivity index (χ1) is 8.52. The van der Waals surface area contributed by atoms with Gasteiger partial charge in [0.15, 0.2) is 5.58 Å². The zero-order valence-electron chi connectivity index (χ0n) is 11.0. The SMILES string of the molecule is CCCN(c1cc2[nH]c(=O)oc2cc1N)C(C)C. The molecule has 0 aliphatic heterocycles. The highest BCUT2D eigenvalue weighted by Gasteiger charge is 2.15. The molecule has 0 unspecified atom stereocenters. The molecular weight excluding hydrogens is 230 g/mol. The van der Waals surface area contributed by atoms with Gasteiger partial charge in [0.25, 0.3) is 0 Å². The van der Waals surface area contributed by atoms with Crippen molar-refractivity contribution in [1.82, 2.24) is 4.98 Å². The lowest BCUT2D eigenvalue weighted by Gasteiger charge is -2.29. The second kappa shape index (κ2) is 4.76. The van der Waals surface area contributed by atoms with Gasteiger partial charge in [0.1, 0.15) is 0 Å². The van der Waals surface area contributed by atoms with Gasteiger partial charge in [-0.2, -0.15) is 0 Å². The minimum Gasteiger partial charge on any atom is -0.408 e. The van der Waals surface area contributed by atoms with E-state index >= 15 is 0 Å². The Balaban J connectivity index is 2.54. The molecule has 98 valence electrons. The van der Waals surface area contributed by atoms with Crippen LogP contribution in [-0.4, -0.2) is 17.6 Å². The summed E-state index contributed by atoms with van der Waals surface area (Å²) >= 11 is 0. The van der Waals surface area contributed by atoms with E-state index in [1.54, 1.807) is 6.07 Å². The first kappa shape index (κ1) is 12.5. The highest BCUT2D eigenvalue weighted by atomic mass is 16.4. The predicted octanol–water partition coefficient (Wildman–Crippen LogP) is 2.33. The number of nitrogens with zero attached hydrogens (tertiary/aromatic N) is 1. The van der Waals surface area contributed by atoms with E-state index in [0.29, 0.717) is 22.8 Å². The Morgan fingerprint density at radius 2 is 2.17 bits per heavy atom. The van der Waals surface area contributed by atoms with Crippen LogP contribution in [-0.2, 0) is 0 Å². The van der Waals surface area contributed by atoms with Gasteiger partial charge >= 0.3 is 5.76 Å². The Kier molecular flexibility index (Phi) is 3.32. The third-order valence-corrected chi connectivity index (χ3v) is 2.97. The Labute approximate surface area is 106 Å². The molecule has 1 aromatic carbocycles. The summed E-state index contributed by atoms with van der Waals surface area (Å²) in [5, 5.41) is 0. The number of nitrogen functional groups attached to an aromatic ring is 1. The van der Waals surface area contributed by atoms with Crippen LogP contribution >= 0.6 is 0 Å². The largest absolute Gasteiger partial charge is 0.417 e. The summed E-state index contributed by atoms with van der Waals surface area (Å²) in [6.07, 6.45) is 1.04. The maximum Gasteiger partial charge on any atom is 0.417 e. The molecule has 0 radical (unpaired) electrons. The Hall–Kier alpha value is -1.91. The van der Waals surface area contributed by atoms with E-state index in [9.17, 15) is 4.79 Å². The minimum atomic E-state index is -0.451. The number of aromatic nitrogens is 1. The summed E-state index contributed by atoms with van der Waals surface area (Å²) in [6.45, 7) is 7.30. The van der Waals surface area contributed by atoms with Crippen LogP contribution in [0.2, 0.25) is 0 Å². The molecule has 2 aromatic rings. The summed E-state index contributed by atoms with van der Waals surface area (Å²) in [7, 11) is 0. The van der Waals surface area contributed by atoms with Crippen molar-refractivity contribution < 1.29 is 4.42 Å². The van der Waals surface area contributed by atoms with Crippen molar-refractivity contribution in [3.8, 4) is 0 Å². The summed E-state index contributed by atoms with van der Waals surface area (Å²) in [4.78, 5) is 16.0. The summed E-state index contributed by atoms with van der Waals surface area (Å²) < 4.78 is 4.99. The molecule has 0 atom stereocenters. The zero-order valence-corrected chi connectivity index (χ0v) is 11.0. The van der Waals surface area contributed by atoms with E-state index in [-0.39, 0.29) is 0 Å². The van der Waals surface area contributed by atoms with Gasteiger partial charge < -0.3 is 15.1 Å². The van der Waals surface area contributed by atoms with E-state index in [2.05, 4.69) is 30.7 Å². The predicted molar refractivity (Wildman–Crippen MR) is 74.0 cm³/mol. The van der Waals surface area contributed by atoms with E-state index < -0.39 is 5.76 Å². The fourth-order valence-electron chi connectivity index (χ4n) is 2.15. The van der Waals surface area contributed by atoms with Crippen LogP contribution in [0.3, 0.4) is 0 Å². The van der Waals surface area contributed by atoms with Crippen molar-refractivity contribution in [2.24, 2.45) is 0 Å². The third kappa shape index (κ3) is 2.20. The van der Waals surface area contributed by atoms with Crippen LogP contribution in [0.5, 0.6) is 0 Å². The lowest BCUT2D eigenvalue weighted by Crippen LogP contribution is -2.32. The van der Waals surface area contributed by atoms with Gasteiger partial charge in [-0.1, -0.05) is 6.92 Å². The Bertz CT molecular complexity index is 598. The number of fused-ring (bicyclic) bond motifs is 1. The van der Waals surface area contributed by atoms with Crippen molar-refractivity contribution in [2.75, 3.05) is 17.2 Å². The van der Waals surface area contributed by atoms with Crippen molar-refractivity contribution in [3.63, 3.8) is 0 Å². The molecule has 0 saturated carbocycles. The van der Waals surface area contributed by atoms with Crippen molar-refractivity contribution >= 4 is 22.5 Å². The molecule has 1 heterocycles. The number of nitrogens with two attached hydrogens (primary N) is 1. The van der Waals surface area contributed by atoms with Crippen molar-refractivity contribution in [2.45, 2.75) is 33.2 Å². The van der Waals surface area contributed by atoms with E-state index in [0.717, 1.165) is 18.7 Å². The topological polar surface area (TPSA) is 75.3 Å². The summed E-state index contributed by atoms with van der Waals surface area (Å²) in [5.41, 5.74) is 8.81. The molecule has 5 heteroatoms. The number of H-pyrrole nitrogens is 1. The van der Waals surface area contributed by atoms with Gasteiger partial charge in [0, 0.05) is 18.7 Å². The molecule has 0 aliphatic rings. The van der Waals surface area contributed by atoms with Crippen molar-refractivity contribution in [3.05, 3.63) is 22.7 Å². The molecular formula is C13H19N3O2. The molecule has 0 spiro atoms. The number of oxazole rings is 1. The average Bonchev–Trinajstić information content (AvgIpc) is 2.64. The second-order valence-electron chi connectivity index (χ2n) is 4.71. The molecule has 0 amide bonds. The smallest absolute Gasteiger partial charge is 0.408 e. The molecule has 1 aromatic heterocycles. The fraction of sp³-hybridized carbons (Fsp3) is 0.462. The highest BCUT2D eigenvalue weighted by molar-refractivity contribution is 5.85. The van der Waals surface area contributed by atoms with Gasteiger partial charge in [-0.15, -0.1) is 0 Å². The number of rotatable bonds is 4. The normalized spacial score (nSPS) is 11.3. The lowest BCUT2D eigenvalue weighted by atomic mass is 10.2. The van der Waals surface area contributed by atoms with Crippen molar-refractivity contribution in [1.29, 1.82) is 0 Å². The fourth-order valence-corrected chi connectivity index (χ4v) is 2.15. The monoisotopic (exact) mass is 249 g/mol. The number of hydrogen-bond donors (Lipinski definition) is 2. The molecule has 0 fully saturated rings. The van der Waals surface area contributed by atoms with E-state index in [4.69, 9.17) is 10.2 Å². The number of benzene rings is 1. The van der Waals surface area contributed by atoms with Crippen LogP contribution < -0.4 is 16.4 Å². The second-order valence-corrected chi connectivity index (χ2v) is 4.71. The van der Waals surface area contributed by atoms with Crippen LogP contribution in [0.15, 0.2) is 21.3 Å². The minimum absolute atomic E-state index is 0.350. The van der Waals surface area contributed by atoms with Gasteiger partial charge in [0.05, 0.1) is 16.9 Å². The van der Waals surface area contributed by atoms with Gasteiger partial charge in [-0.3, -0.25) is 4.98 Å². The maximum atomic E-state index is 11.2. The number of anilines is 2. The lowest BCUT2D eigenvalue weighted by molar-refractivity contribution is 0.555. The molecule has 0 aliphatic carbocycles. The quantitative estimate of drug-likeness (QED) is 0.815. The third-order valence-electron chi connectivity index (χ3n) is 2.97. The van der Waals surface area contributed by atoms with Gasteiger partial charge in [-0.05, 0) is 26.3 Å². The molecule has 18 heavy (non-hydrogen) atoms. The highest BCUT2D eigenvalue weighted by Crippen LogP contribution is 2.29. The number of aromatic amines is 1. The summed E-state index contributed by atoms with van der Waals surface area (Å²) in [6, 6.07) is 3.93. The number of nitrogens with one attached hydrogen (secondary N) is 1. The number of hydrogen-bond acceptors (Lipinski definition) is 4. The van der Waals surface area contributed by atoms with E-state index in [1.807, 2.05) is 6.07 Å². The van der Waals surface area contributed by atoms with Crippen LogP contribution in [0.4, 0.5) is 11.4 Å². The first-order valence-electron chi connectivity index (χ1n) is 6.22. The molecule has 5 nitrogen and oxygen atoms in total. The van der Waals surface area contributed by atoms with Crippen LogP contribution in [0.25, 0.3) is 11.1 Å². The Morgan fingerprint density at radius 3 is 2.78 bits per heavy atom. The van der Waals surface area contributed by atoms with E-state index in [1.165, 1.54) is 0 Å². The standard InChI is InChI=1S/C13H19N3O2/c1-4-5-16(8(2)3)11-7-10-12(6-9(11)14)18-13(17)15-10/h6-8H,4-5,14H2,1-3H3,(H,15,17). The first-order valence-corrected chi connectivity index (χ1v) is 6.22. The molecule has 0 bridgehead atoms. The van der Waals surface area contributed by atoms with Gasteiger partial charge in [-0.25, -0.2) is 4.79 Å². The van der Waals surface area contributed by atoms with Crippen LogP contribution in [0.1, 0.15) is 27.2 Å².